The first kappa shape index (κ1) is 11.6. The second-order valence-electron chi connectivity index (χ2n) is 4.79. The Bertz CT molecular complexity index is 225. The number of aliphatic hydroxyl groups is 1. The molecule has 2 aliphatic rings. The number of aliphatic hydroxyl groups excluding tert-OH is 1. The largest absolute Gasteiger partial charge is 0.393 e. The monoisotopic (exact) mass is 231 g/mol. The van der Waals surface area contributed by atoms with Crippen LogP contribution in [0.25, 0.3) is 0 Å². The van der Waals surface area contributed by atoms with Gasteiger partial charge >= 0.3 is 0 Å². The quantitative estimate of drug-likeness (QED) is 0.750. The lowest BCUT2D eigenvalue weighted by Crippen LogP contribution is -2.39. The fourth-order valence-corrected chi connectivity index (χ4v) is 3.87. The van der Waals surface area contributed by atoms with Crippen LogP contribution in [0.4, 0.5) is 0 Å². The normalized spacial score (nSPS) is 41.9. The van der Waals surface area contributed by atoms with E-state index in [4.69, 9.17) is 0 Å². The lowest BCUT2D eigenvalue weighted by molar-refractivity contribution is 0.129. The van der Waals surface area contributed by atoms with Crippen LogP contribution in [0.15, 0.2) is 0 Å². The zero-order valence-corrected chi connectivity index (χ0v) is 9.97. The number of nitrogens with one attached hydrogen (secondary N) is 1. The molecular formula is C11H21NO2S. The van der Waals surface area contributed by atoms with Gasteiger partial charge in [-0.3, -0.25) is 4.21 Å². The van der Waals surface area contributed by atoms with Crippen LogP contribution in [0, 0.1) is 5.92 Å². The van der Waals surface area contributed by atoms with Crippen LogP contribution >= 0.6 is 0 Å². The molecule has 1 saturated carbocycles. The molecule has 0 radical (unpaired) electrons. The highest BCUT2D eigenvalue weighted by Crippen LogP contribution is 2.25. The topological polar surface area (TPSA) is 49.3 Å². The maximum atomic E-state index is 11.2. The minimum Gasteiger partial charge on any atom is -0.393 e. The Labute approximate surface area is 94.1 Å². The molecule has 15 heavy (non-hydrogen) atoms. The van der Waals surface area contributed by atoms with E-state index in [9.17, 15) is 9.32 Å². The third-order valence-electron chi connectivity index (χ3n) is 3.68. The van der Waals surface area contributed by atoms with Crippen molar-refractivity contribution >= 4 is 10.8 Å². The Morgan fingerprint density at radius 3 is 2.53 bits per heavy atom. The molecule has 2 N–H and O–H groups in total. The third-order valence-corrected chi connectivity index (χ3v) is 5.06. The highest BCUT2D eigenvalue weighted by atomic mass is 32.2. The first-order chi connectivity index (χ1) is 7.25. The van der Waals surface area contributed by atoms with Gasteiger partial charge in [0.25, 0.3) is 0 Å². The summed E-state index contributed by atoms with van der Waals surface area (Å²) in [6.07, 6.45) is 5.29. The highest BCUT2D eigenvalue weighted by molar-refractivity contribution is 7.85. The van der Waals surface area contributed by atoms with Crippen molar-refractivity contribution in [2.45, 2.75) is 44.2 Å². The van der Waals surface area contributed by atoms with E-state index in [1.165, 1.54) is 6.42 Å². The maximum Gasteiger partial charge on any atom is 0.0580 e. The predicted octanol–water partition coefficient (Wildman–Crippen LogP) is 0.648. The van der Waals surface area contributed by atoms with Gasteiger partial charge in [0.1, 0.15) is 0 Å². The molecule has 1 saturated heterocycles. The zero-order valence-electron chi connectivity index (χ0n) is 9.15. The van der Waals surface area contributed by atoms with Crippen LogP contribution < -0.4 is 5.32 Å². The molecule has 1 aliphatic carbocycles. The molecule has 2 fully saturated rings. The summed E-state index contributed by atoms with van der Waals surface area (Å²) in [5.74, 6) is 2.16. The van der Waals surface area contributed by atoms with Crippen molar-refractivity contribution in [3.05, 3.63) is 0 Å². The van der Waals surface area contributed by atoms with Gasteiger partial charge < -0.3 is 10.4 Å². The second-order valence-corrected chi connectivity index (χ2v) is 6.49. The summed E-state index contributed by atoms with van der Waals surface area (Å²) in [4.78, 5) is 0. The number of hydrogen-bond donors (Lipinski definition) is 2. The molecule has 0 spiro atoms. The summed E-state index contributed by atoms with van der Waals surface area (Å²) in [6.45, 7) is 0.943. The lowest BCUT2D eigenvalue weighted by atomic mass is 10.0. The van der Waals surface area contributed by atoms with Crippen molar-refractivity contribution in [3.8, 4) is 0 Å². The summed E-state index contributed by atoms with van der Waals surface area (Å²) in [7, 11) is -0.563. The fourth-order valence-electron chi connectivity index (χ4n) is 2.57. The fraction of sp³-hybridized carbons (Fsp3) is 1.00. The van der Waals surface area contributed by atoms with Gasteiger partial charge in [0, 0.05) is 34.9 Å². The van der Waals surface area contributed by atoms with Gasteiger partial charge in [-0.25, -0.2) is 0 Å². The zero-order chi connectivity index (χ0) is 10.7. The molecule has 2 unspecified atom stereocenters. The first-order valence-electron chi connectivity index (χ1n) is 6.02. The minimum absolute atomic E-state index is 0.0878. The Morgan fingerprint density at radius 1 is 1.20 bits per heavy atom. The van der Waals surface area contributed by atoms with Crippen molar-refractivity contribution in [3.63, 3.8) is 0 Å². The van der Waals surface area contributed by atoms with Gasteiger partial charge in [0.2, 0.25) is 0 Å². The Kier molecular flexibility index (Phi) is 4.17. The van der Waals surface area contributed by atoms with Crippen LogP contribution in [0.1, 0.15) is 32.1 Å². The van der Waals surface area contributed by atoms with E-state index in [0.29, 0.717) is 12.0 Å². The smallest absolute Gasteiger partial charge is 0.0580 e. The first-order valence-corrected chi connectivity index (χ1v) is 7.51. The van der Waals surface area contributed by atoms with Crippen LogP contribution in [-0.4, -0.2) is 39.5 Å². The summed E-state index contributed by atoms with van der Waals surface area (Å²) in [5.41, 5.74) is 0. The lowest BCUT2D eigenvalue weighted by Gasteiger charge is -2.25. The van der Waals surface area contributed by atoms with Crippen molar-refractivity contribution in [2.24, 2.45) is 5.92 Å². The van der Waals surface area contributed by atoms with Crippen molar-refractivity contribution in [1.82, 2.24) is 5.32 Å². The van der Waals surface area contributed by atoms with Crippen LogP contribution in [0.5, 0.6) is 0 Å². The molecule has 0 aromatic heterocycles. The van der Waals surface area contributed by atoms with E-state index in [1.54, 1.807) is 0 Å². The molecule has 0 aromatic carbocycles. The maximum absolute atomic E-state index is 11.2. The molecule has 0 amide bonds. The Balaban J connectivity index is 1.67. The molecule has 0 bridgehead atoms. The van der Waals surface area contributed by atoms with E-state index in [2.05, 4.69) is 5.32 Å². The summed E-state index contributed by atoms with van der Waals surface area (Å²) in [5, 5.41) is 13.2. The van der Waals surface area contributed by atoms with Crippen LogP contribution in [0.2, 0.25) is 0 Å². The average Bonchev–Trinajstić information content (AvgIpc) is 2.63. The molecule has 2 atom stereocenters. The molecular weight excluding hydrogens is 210 g/mol. The Morgan fingerprint density at radius 2 is 1.93 bits per heavy atom. The summed E-state index contributed by atoms with van der Waals surface area (Å²) >= 11 is 0. The second kappa shape index (κ2) is 5.41. The molecule has 1 heterocycles. The van der Waals surface area contributed by atoms with E-state index in [-0.39, 0.29) is 6.10 Å². The van der Waals surface area contributed by atoms with Gasteiger partial charge in [0.15, 0.2) is 0 Å². The minimum atomic E-state index is -0.563. The average molecular weight is 231 g/mol. The molecule has 0 aromatic rings. The molecule has 88 valence electrons. The summed E-state index contributed by atoms with van der Waals surface area (Å²) < 4.78 is 11.2. The van der Waals surface area contributed by atoms with Gasteiger partial charge in [-0.05, 0) is 31.6 Å². The summed E-state index contributed by atoms with van der Waals surface area (Å²) in [6, 6.07) is 0.537. The van der Waals surface area contributed by atoms with Crippen LogP contribution in [0.3, 0.4) is 0 Å². The molecule has 3 nitrogen and oxygen atoms in total. The number of rotatable bonds is 3. The van der Waals surface area contributed by atoms with E-state index < -0.39 is 10.8 Å². The van der Waals surface area contributed by atoms with Crippen LogP contribution in [-0.2, 0) is 10.8 Å². The van der Waals surface area contributed by atoms with E-state index in [1.807, 2.05) is 0 Å². The van der Waals surface area contributed by atoms with E-state index in [0.717, 1.165) is 43.7 Å². The van der Waals surface area contributed by atoms with Gasteiger partial charge in [-0.1, -0.05) is 6.42 Å². The SMILES string of the molecule is O=S1CCC(NCC2CCCC2O)CC1. The number of hydrogen-bond acceptors (Lipinski definition) is 3. The highest BCUT2D eigenvalue weighted by Gasteiger charge is 2.26. The van der Waals surface area contributed by atoms with Gasteiger partial charge in [0.05, 0.1) is 6.10 Å². The Hall–Kier alpha value is 0.0700. The third kappa shape index (κ3) is 3.26. The standard InChI is InChI=1S/C11H21NO2S/c13-11-3-1-2-9(11)8-12-10-4-6-15(14)7-5-10/h9-13H,1-8H2. The molecule has 1 aliphatic heterocycles. The van der Waals surface area contributed by atoms with Crippen molar-refractivity contribution in [1.29, 1.82) is 0 Å². The van der Waals surface area contributed by atoms with E-state index >= 15 is 0 Å². The molecule has 2 rings (SSSR count). The van der Waals surface area contributed by atoms with Crippen molar-refractivity contribution in [2.75, 3.05) is 18.1 Å². The van der Waals surface area contributed by atoms with Gasteiger partial charge in [-0.2, -0.15) is 0 Å². The van der Waals surface area contributed by atoms with Crippen molar-refractivity contribution < 1.29 is 9.32 Å². The predicted molar refractivity (Wildman–Crippen MR) is 62.2 cm³/mol. The molecule has 4 heteroatoms. The van der Waals surface area contributed by atoms with Gasteiger partial charge in [-0.15, -0.1) is 0 Å².